The van der Waals surface area contributed by atoms with Crippen LogP contribution in [-0.2, 0) is 4.79 Å². The molecule has 0 aliphatic rings. The first-order chi connectivity index (χ1) is 7.56. The molecule has 0 fully saturated rings. The van der Waals surface area contributed by atoms with Gasteiger partial charge in [0.1, 0.15) is 0 Å². The Labute approximate surface area is 92.8 Å². The predicted molar refractivity (Wildman–Crippen MR) is 59.8 cm³/mol. The van der Waals surface area contributed by atoms with Crippen LogP contribution in [0.4, 0.5) is 5.69 Å². The summed E-state index contributed by atoms with van der Waals surface area (Å²) in [5, 5.41) is 29.1. The molecule has 0 aliphatic heterocycles. The Kier molecular flexibility index (Phi) is 3.83. The van der Waals surface area contributed by atoms with Crippen molar-refractivity contribution in [1.82, 2.24) is 0 Å². The normalized spacial score (nSPS) is 9.06. The molecule has 0 unspecified atom stereocenters. The van der Waals surface area contributed by atoms with Gasteiger partial charge in [0.05, 0.1) is 11.6 Å². The third kappa shape index (κ3) is 2.95. The lowest BCUT2D eigenvalue weighted by molar-refractivity contribution is -0.111. The van der Waals surface area contributed by atoms with Gasteiger partial charge in [0.25, 0.3) is 0 Å². The van der Waals surface area contributed by atoms with Gasteiger partial charge in [-0.2, -0.15) is 5.26 Å². The van der Waals surface area contributed by atoms with Gasteiger partial charge in [-0.1, -0.05) is 6.58 Å². The maximum atomic E-state index is 11.0. The Morgan fingerprint density at radius 1 is 1.50 bits per heavy atom. The van der Waals surface area contributed by atoms with Crippen molar-refractivity contribution in [1.29, 1.82) is 5.26 Å². The molecule has 5 nitrogen and oxygen atoms in total. The minimum atomic E-state index is -1.69. The molecule has 0 saturated carbocycles. The second kappa shape index (κ2) is 5.12. The number of benzene rings is 1. The molecule has 16 heavy (non-hydrogen) atoms. The molecule has 0 radical (unpaired) electrons. The Morgan fingerprint density at radius 2 is 2.19 bits per heavy atom. The molecule has 0 aliphatic carbocycles. The number of nitrogens with one attached hydrogen (secondary N) is 1. The van der Waals surface area contributed by atoms with Crippen LogP contribution >= 0.6 is 0 Å². The monoisotopic (exact) mass is 216 g/mol. The molecule has 0 saturated heterocycles. The average molecular weight is 216 g/mol. The molecule has 0 atom stereocenters. The smallest absolute Gasteiger partial charge is 0.423 e. The Morgan fingerprint density at radius 3 is 2.69 bits per heavy atom. The quantitative estimate of drug-likeness (QED) is 0.462. The Hall–Kier alpha value is -2.10. The van der Waals surface area contributed by atoms with Crippen molar-refractivity contribution in [3.8, 4) is 6.07 Å². The van der Waals surface area contributed by atoms with Gasteiger partial charge in [-0.15, -0.1) is 0 Å². The van der Waals surface area contributed by atoms with E-state index < -0.39 is 13.0 Å². The van der Waals surface area contributed by atoms with Gasteiger partial charge in [-0.25, -0.2) is 0 Å². The molecule has 1 rings (SSSR count). The van der Waals surface area contributed by atoms with Gasteiger partial charge in [-0.3, -0.25) is 4.79 Å². The van der Waals surface area contributed by atoms with Crippen LogP contribution in [0.5, 0.6) is 0 Å². The number of hydrogen-bond donors (Lipinski definition) is 3. The van der Waals surface area contributed by atoms with Crippen LogP contribution in [0.25, 0.3) is 0 Å². The summed E-state index contributed by atoms with van der Waals surface area (Å²) in [6.07, 6.45) is 1.08. The zero-order chi connectivity index (χ0) is 12.1. The van der Waals surface area contributed by atoms with Gasteiger partial charge in [0.2, 0.25) is 5.91 Å². The van der Waals surface area contributed by atoms with E-state index in [1.54, 1.807) is 0 Å². The second-order valence-electron chi connectivity index (χ2n) is 3.02. The van der Waals surface area contributed by atoms with Crippen LogP contribution in [-0.4, -0.2) is 23.1 Å². The number of hydrogen-bond acceptors (Lipinski definition) is 4. The molecule has 1 amide bonds. The molecule has 80 valence electrons. The molecular formula is C10H9BN2O3. The van der Waals surface area contributed by atoms with Gasteiger partial charge in [0.15, 0.2) is 0 Å². The van der Waals surface area contributed by atoms with E-state index >= 15 is 0 Å². The lowest BCUT2D eigenvalue weighted by Gasteiger charge is -2.06. The third-order valence-corrected chi connectivity index (χ3v) is 1.84. The zero-order valence-electron chi connectivity index (χ0n) is 8.34. The molecule has 0 heterocycles. The second-order valence-corrected chi connectivity index (χ2v) is 3.02. The largest absolute Gasteiger partial charge is 0.488 e. The van der Waals surface area contributed by atoms with Crippen molar-refractivity contribution >= 4 is 24.2 Å². The number of carbonyl (C=O) groups excluding carboxylic acids is 1. The number of nitriles is 1. The highest BCUT2D eigenvalue weighted by Gasteiger charge is 2.13. The summed E-state index contributed by atoms with van der Waals surface area (Å²) >= 11 is 0. The van der Waals surface area contributed by atoms with E-state index in [1.165, 1.54) is 18.2 Å². The Bertz CT molecular complexity index is 466. The fourth-order valence-electron chi connectivity index (χ4n) is 1.13. The lowest BCUT2D eigenvalue weighted by Crippen LogP contribution is -2.30. The van der Waals surface area contributed by atoms with Crippen LogP contribution in [0, 0.1) is 11.3 Å². The van der Waals surface area contributed by atoms with Crippen molar-refractivity contribution in [2.75, 3.05) is 5.32 Å². The van der Waals surface area contributed by atoms with E-state index in [9.17, 15) is 4.79 Å². The fourth-order valence-corrected chi connectivity index (χ4v) is 1.13. The number of rotatable bonds is 3. The maximum Gasteiger partial charge on any atom is 0.488 e. The summed E-state index contributed by atoms with van der Waals surface area (Å²) in [5.41, 5.74) is 0.676. The number of amides is 1. The standard InChI is InChI=1S/C10H9BN2O3/c1-2-10(14)13-9-4-7(6-12)3-8(5-9)11(15)16/h2-5,15-16H,1H2,(H,13,14). The van der Waals surface area contributed by atoms with Crippen LogP contribution in [0.3, 0.4) is 0 Å². The molecule has 0 aromatic heterocycles. The number of nitrogens with zero attached hydrogens (tertiary/aromatic N) is 1. The summed E-state index contributed by atoms with van der Waals surface area (Å²) in [6, 6.07) is 5.97. The molecular weight excluding hydrogens is 207 g/mol. The first kappa shape index (κ1) is 12.0. The highest BCUT2D eigenvalue weighted by molar-refractivity contribution is 6.58. The van der Waals surface area contributed by atoms with E-state index in [1.807, 2.05) is 6.07 Å². The molecule has 3 N–H and O–H groups in total. The first-order valence-corrected chi connectivity index (χ1v) is 4.41. The van der Waals surface area contributed by atoms with Gasteiger partial charge in [0, 0.05) is 5.69 Å². The van der Waals surface area contributed by atoms with Gasteiger partial charge in [-0.05, 0) is 29.7 Å². The maximum absolute atomic E-state index is 11.0. The minimum Gasteiger partial charge on any atom is -0.423 e. The summed E-state index contributed by atoms with van der Waals surface area (Å²) in [4.78, 5) is 11.0. The lowest BCUT2D eigenvalue weighted by atomic mass is 9.79. The van der Waals surface area contributed by atoms with E-state index in [0.717, 1.165) is 6.08 Å². The van der Waals surface area contributed by atoms with E-state index in [-0.39, 0.29) is 11.0 Å². The zero-order valence-corrected chi connectivity index (χ0v) is 8.34. The van der Waals surface area contributed by atoms with Gasteiger partial charge >= 0.3 is 7.12 Å². The van der Waals surface area contributed by atoms with Crippen LogP contribution in [0.15, 0.2) is 30.9 Å². The predicted octanol–water partition coefficient (Wildman–Crippen LogP) is -0.637. The molecule has 0 bridgehead atoms. The van der Waals surface area contributed by atoms with Crippen LogP contribution in [0.1, 0.15) is 5.56 Å². The highest BCUT2D eigenvalue weighted by Crippen LogP contribution is 2.08. The van der Waals surface area contributed by atoms with E-state index in [0.29, 0.717) is 5.69 Å². The molecule has 6 heteroatoms. The number of anilines is 1. The van der Waals surface area contributed by atoms with Crippen molar-refractivity contribution in [3.05, 3.63) is 36.4 Å². The van der Waals surface area contributed by atoms with Crippen molar-refractivity contribution in [2.24, 2.45) is 0 Å². The summed E-state index contributed by atoms with van der Waals surface area (Å²) < 4.78 is 0. The molecule has 0 spiro atoms. The van der Waals surface area contributed by atoms with Crippen molar-refractivity contribution in [3.63, 3.8) is 0 Å². The van der Waals surface area contributed by atoms with E-state index in [4.69, 9.17) is 15.3 Å². The average Bonchev–Trinajstić information content (AvgIpc) is 2.28. The SMILES string of the molecule is C=CC(=O)Nc1cc(C#N)cc(B(O)O)c1. The molecule has 1 aromatic rings. The fraction of sp³-hybridized carbons (Fsp3) is 0. The molecule has 1 aromatic carbocycles. The first-order valence-electron chi connectivity index (χ1n) is 4.41. The Balaban J connectivity index is 3.10. The summed E-state index contributed by atoms with van der Waals surface area (Å²) in [5.74, 6) is -0.437. The van der Waals surface area contributed by atoms with Crippen LogP contribution < -0.4 is 10.8 Å². The van der Waals surface area contributed by atoms with Crippen molar-refractivity contribution < 1.29 is 14.8 Å². The van der Waals surface area contributed by atoms with Crippen LogP contribution in [0.2, 0.25) is 0 Å². The minimum absolute atomic E-state index is 0.137. The highest BCUT2D eigenvalue weighted by atomic mass is 16.4. The summed E-state index contributed by atoms with van der Waals surface area (Å²) in [7, 11) is -1.69. The van der Waals surface area contributed by atoms with Crippen molar-refractivity contribution in [2.45, 2.75) is 0 Å². The topological polar surface area (TPSA) is 93.4 Å². The number of carbonyl (C=O) groups is 1. The van der Waals surface area contributed by atoms with E-state index in [2.05, 4.69) is 11.9 Å². The van der Waals surface area contributed by atoms with Gasteiger partial charge < -0.3 is 15.4 Å². The summed E-state index contributed by atoms with van der Waals surface area (Å²) in [6.45, 7) is 3.28. The third-order valence-electron chi connectivity index (χ3n) is 1.84.